The maximum atomic E-state index is 13.2. The Kier molecular flexibility index (Phi) is 7.36. The molecule has 0 unspecified atom stereocenters. The summed E-state index contributed by atoms with van der Waals surface area (Å²) < 4.78 is 27.3. The van der Waals surface area contributed by atoms with Gasteiger partial charge in [-0.1, -0.05) is 48.5 Å². The number of hydrogen-bond donors (Lipinski definition) is 0. The van der Waals surface area contributed by atoms with E-state index in [1.165, 1.54) is 5.69 Å². The maximum Gasteiger partial charge on any atom is 0.253 e. The molecule has 0 aromatic heterocycles. The predicted molar refractivity (Wildman–Crippen MR) is 141 cm³/mol. The number of rotatable bonds is 6. The van der Waals surface area contributed by atoms with Gasteiger partial charge in [-0.3, -0.25) is 9.69 Å². The van der Waals surface area contributed by atoms with Crippen LogP contribution < -0.4 is 4.90 Å². The van der Waals surface area contributed by atoms with E-state index in [4.69, 9.17) is 0 Å². The van der Waals surface area contributed by atoms with Crippen molar-refractivity contribution in [2.75, 3.05) is 57.3 Å². The Morgan fingerprint density at radius 3 is 2.00 bits per heavy atom. The van der Waals surface area contributed by atoms with Gasteiger partial charge < -0.3 is 9.80 Å². The highest BCUT2D eigenvalue weighted by Crippen LogP contribution is 2.20. The Morgan fingerprint density at radius 2 is 1.33 bits per heavy atom. The molecule has 3 aromatic rings. The molecule has 36 heavy (non-hydrogen) atoms. The molecule has 3 aromatic carbocycles. The smallest absolute Gasteiger partial charge is 0.253 e. The Bertz CT molecular complexity index is 1270. The van der Waals surface area contributed by atoms with Gasteiger partial charge in [0.2, 0.25) is 10.0 Å². The van der Waals surface area contributed by atoms with Crippen LogP contribution in [-0.2, 0) is 16.6 Å². The minimum Gasteiger partial charge on any atom is -0.368 e. The molecule has 0 aliphatic carbocycles. The fourth-order valence-corrected chi connectivity index (χ4v) is 6.36. The van der Waals surface area contributed by atoms with Crippen molar-refractivity contribution in [3.8, 4) is 0 Å². The van der Waals surface area contributed by atoms with Crippen molar-refractivity contribution in [3.63, 3.8) is 0 Å². The number of carbonyl (C=O) groups is 1. The summed E-state index contributed by atoms with van der Waals surface area (Å²) in [7, 11) is -3.46. The number of piperazine rings is 2. The van der Waals surface area contributed by atoms with Gasteiger partial charge >= 0.3 is 0 Å². The molecular weight excluding hydrogens is 472 g/mol. The van der Waals surface area contributed by atoms with Crippen molar-refractivity contribution in [2.24, 2.45) is 0 Å². The summed E-state index contributed by atoms with van der Waals surface area (Å²) in [5.41, 5.74) is 2.98. The lowest BCUT2D eigenvalue weighted by Gasteiger charge is -2.36. The van der Waals surface area contributed by atoms with Gasteiger partial charge in [0.1, 0.15) is 0 Å². The van der Waals surface area contributed by atoms with Crippen molar-refractivity contribution < 1.29 is 13.2 Å². The van der Waals surface area contributed by atoms with Gasteiger partial charge in [0, 0.05) is 70.2 Å². The van der Waals surface area contributed by atoms with Crippen molar-refractivity contribution >= 4 is 21.6 Å². The van der Waals surface area contributed by atoms with Crippen LogP contribution in [0.25, 0.3) is 0 Å². The molecule has 5 rings (SSSR count). The molecule has 2 fully saturated rings. The molecular formula is C28H32N4O3S. The number of para-hydroxylation sites is 1. The number of carbonyl (C=O) groups excluding carboxylic acids is 1. The van der Waals surface area contributed by atoms with E-state index in [0.29, 0.717) is 56.3 Å². The first-order valence-electron chi connectivity index (χ1n) is 12.5. The molecule has 0 N–H and O–H groups in total. The summed E-state index contributed by atoms with van der Waals surface area (Å²) in [6.07, 6.45) is 0. The van der Waals surface area contributed by atoms with Crippen molar-refractivity contribution in [2.45, 2.75) is 11.4 Å². The zero-order valence-electron chi connectivity index (χ0n) is 20.4. The van der Waals surface area contributed by atoms with E-state index in [1.54, 1.807) is 28.6 Å². The molecule has 0 spiro atoms. The molecule has 0 saturated carbocycles. The number of benzene rings is 3. The average Bonchev–Trinajstić information content (AvgIpc) is 2.94. The van der Waals surface area contributed by atoms with Crippen LogP contribution in [-0.4, -0.2) is 80.8 Å². The monoisotopic (exact) mass is 504 g/mol. The summed E-state index contributed by atoms with van der Waals surface area (Å²) in [5, 5.41) is 0. The number of sulfonamides is 1. The molecule has 0 atom stereocenters. The van der Waals surface area contributed by atoms with Gasteiger partial charge in [0.15, 0.2) is 0 Å². The first kappa shape index (κ1) is 24.5. The van der Waals surface area contributed by atoms with Crippen LogP contribution in [0.3, 0.4) is 0 Å². The van der Waals surface area contributed by atoms with E-state index in [0.717, 1.165) is 18.7 Å². The molecule has 188 valence electrons. The Labute approximate surface area is 213 Å². The Morgan fingerprint density at radius 1 is 0.694 bits per heavy atom. The topological polar surface area (TPSA) is 64.2 Å². The minimum atomic E-state index is -3.46. The zero-order valence-corrected chi connectivity index (χ0v) is 21.2. The van der Waals surface area contributed by atoms with Crippen molar-refractivity contribution in [1.29, 1.82) is 0 Å². The van der Waals surface area contributed by atoms with Gasteiger partial charge in [-0.2, -0.15) is 4.31 Å². The summed E-state index contributed by atoms with van der Waals surface area (Å²) in [6.45, 7) is 5.99. The van der Waals surface area contributed by atoms with E-state index >= 15 is 0 Å². The second-order valence-electron chi connectivity index (χ2n) is 9.31. The normalized spacial score (nSPS) is 17.8. The molecule has 0 radical (unpaired) electrons. The quantitative estimate of drug-likeness (QED) is 0.516. The van der Waals surface area contributed by atoms with Crippen LogP contribution in [0.5, 0.6) is 0 Å². The van der Waals surface area contributed by atoms with E-state index in [-0.39, 0.29) is 5.91 Å². The van der Waals surface area contributed by atoms with Crippen LogP contribution in [0.1, 0.15) is 15.9 Å². The van der Waals surface area contributed by atoms with E-state index in [9.17, 15) is 13.2 Å². The highest BCUT2D eigenvalue weighted by molar-refractivity contribution is 7.89. The van der Waals surface area contributed by atoms with Crippen molar-refractivity contribution in [3.05, 3.63) is 96.1 Å². The fraction of sp³-hybridized carbons (Fsp3) is 0.321. The van der Waals surface area contributed by atoms with E-state index in [2.05, 4.69) is 21.9 Å². The fourth-order valence-electron chi connectivity index (χ4n) is 4.92. The molecule has 7 nitrogen and oxygen atoms in total. The number of nitrogens with zero attached hydrogens (tertiary/aromatic N) is 4. The van der Waals surface area contributed by atoms with Gasteiger partial charge in [-0.25, -0.2) is 8.42 Å². The lowest BCUT2D eigenvalue weighted by atomic mass is 10.1. The largest absolute Gasteiger partial charge is 0.368 e. The van der Waals surface area contributed by atoms with Gasteiger partial charge in [-0.05, 0) is 42.0 Å². The predicted octanol–water partition coefficient (Wildman–Crippen LogP) is 3.16. The minimum absolute atomic E-state index is 0.0725. The highest BCUT2D eigenvalue weighted by atomic mass is 32.2. The van der Waals surface area contributed by atoms with Crippen molar-refractivity contribution in [1.82, 2.24) is 14.1 Å². The van der Waals surface area contributed by atoms with Crippen LogP contribution >= 0.6 is 0 Å². The third-order valence-electron chi connectivity index (χ3n) is 6.98. The van der Waals surface area contributed by atoms with E-state index < -0.39 is 10.0 Å². The number of amides is 1. The standard InChI is InChI=1S/C28H32N4O3S/c33-28(31-18-16-30(17-19-31)26-10-3-1-4-11-26)25-9-7-8-24(22-25)23-29-14-20-32(21-15-29)36(34,35)27-12-5-2-6-13-27/h1-13,22H,14-21,23H2. The summed E-state index contributed by atoms with van der Waals surface area (Å²) >= 11 is 0. The molecule has 8 heteroatoms. The Hall–Kier alpha value is -3.20. The first-order chi connectivity index (χ1) is 17.5. The van der Waals surface area contributed by atoms with Crippen LogP contribution in [0.2, 0.25) is 0 Å². The first-order valence-corrected chi connectivity index (χ1v) is 13.9. The average molecular weight is 505 g/mol. The third kappa shape index (κ3) is 5.46. The van der Waals surface area contributed by atoms with Gasteiger partial charge in [0.05, 0.1) is 4.90 Å². The zero-order chi connectivity index (χ0) is 25.0. The summed E-state index contributed by atoms with van der Waals surface area (Å²) in [4.78, 5) is 20.0. The second kappa shape index (κ2) is 10.8. The Balaban J connectivity index is 1.15. The van der Waals surface area contributed by atoms with E-state index in [1.807, 2.05) is 53.4 Å². The molecule has 0 bridgehead atoms. The molecule has 2 heterocycles. The molecule has 2 aliphatic rings. The maximum absolute atomic E-state index is 13.2. The lowest BCUT2D eigenvalue weighted by Crippen LogP contribution is -2.49. The second-order valence-corrected chi connectivity index (χ2v) is 11.2. The summed E-state index contributed by atoms with van der Waals surface area (Å²) in [6, 6.07) is 26.8. The number of anilines is 1. The molecule has 2 aliphatic heterocycles. The van der Waals surface area contributed by atoms with Crippen LogP contribution in [0.4, 0.5) is 5.69 Å². The highest BCUT2D eigenvalue weighted by Gasteiger charge is 2.28. The SMILES string of the molecule is O=C(c1cccc(CN2CCN(S(=O)(=O)c3ccccc3)CC2)c1)N1CCN(c2ccccc2)CC1. The van der Waals surface area contributed by atoms with Crippen LogP contribution in [0.15, 0.2) is 89.8 Å². The molecule has 2 saturated heterocycles. The van der Waals surface area contributed by atoms with Gasteiger partial charge in [-0.15, -0.1) is 0 Å². The number of hydrogen-bond acceptors (Lipinski definition) is 5. The summed E-state index contributed by atoms with van der Waals surface area (Å²) in [5.74, 6) is 0.0725. The third-order valence-corrected chi connectivity index (χ3v) is 8.89. The molecule has 1 amide bonds. The van der Waals surface area contributed by atoms with Gasteiger partial charge in [0.25, 0.3) is 5.91 Å². The lowest BCUT2D eigenvalue weighted by molar-refractivity contribution is 0.0746. The van der Waals surface area contributed by atoms with Crippen LogP contribution in [0, 0.1) is 0 Å².